The first kappa shape index (κ1) is 13.1. The average Bonchev–Trinajstić information content (AvgIpc) is 2.30. The number of hydrogen-bond acceptors (Lipinski definition) is 4. The van der Waals surface area contributed by atoms with Gasteiger partial charge in [0.15, 0.2) is 0 Å². The first-order chi connectivity index (χ1) is 8.32. The van der Waals surface area contributed by atoms with Crippen LogP contribution in [0.3, 0.4) is 0 Å². The zero-order chi connectivity index (χ0) is 13.5. The van der Waals surface area contributed by atoms with E-state index >= 15 is 0 Å². The predicted molar refractivity (Wildman–Crippen MR) is 68.9 cm³/mol. The Morgan fingerprint density at radius 2 is 2.22 bits per heavy atom. The first-order valence-electron chi connectivity index (χ1n) is 5.68. The maximum atomic E-state index is 10.7. The topological polar surface area (TPSA) is 78.4 Å². The molecule has 6 heteroatoms. The molecule has 1 aliphatic carbocycles. The molecular weight excluding hydrogens is 256 g/mol. The fourth-order valence-electron chi connectivity index (χ4n) is 1.97. The Morgan fingerprint density at radius 3 is 2.72 bits per heavy atom. The zero-order valence-electron chi connectivity index (χ0n) is 10.2. The molecule has 0 saturated heterocycles. The van der Waals surface area contributed by atoms with Crippen molar-refractivity contribution in [2.75, 3.05) is 0 Å². The molecule has 5 nitrogen and oxygen atoms in total. The van der Waals surface area contributed by atoms with E-state index in [1.807, 2.05) is 13.8 Å². The van der Waals surface area contributed by atoms with E-state index in [0.717, 1.165) is 6.42 Å². The molecule has 0 bridgehead atoms. The first-order valence-corrected chi connectivity index (χ1v) is 6.06. The minimum atomic E-state index is -0.471. The molecule has 1 aromatic rings. The summed E-state index contributed by atoms with van der Waals surface area (Å²) in [5.41, 5.74) is 5.72. The highest BCUT2D eigenvalue weighted by atomic mass is 35.5. The van der Waals surface area contributed by atoms with Crippen LogP contribution in [0.1, 0.15) is 20.3 Å². The van der Waals surface area contributed by atoms with Crippen LogP contribution in [0.4, 0.5) is 5.69 Å². The molecule has 1 fully saturated rings. The highest BCUT2D eigenvalue weighted by Gasteiger charge is 2.48. The Kier molecular flexibility index (Phi) is 3.21. The Labute approximate surface area is 110 Å². The van der Waals surface area contributed by atoms with Crippen molar-refractivity contribution in [3.63, 3.8) is 0 Å². The third-order valence-corrected chi connectivity index (χ3v) is 3.96. The maximum Gasteiger partial charge on any atom is 0.273 e. The van der Waals surface area contributed by atoms with Crippen LogP contribution in [0.15, 0.2) is 18.2 Å². The highest BCUT2D eigenvalue weighted by molar-refractivity contribution is 6.32. The molecule has 0 heterocycles. The van der Waals surface area contributed by atoms with E-state index in [1.165, 1.54) is 18.2 Å². The number of benzene rings is 1. The Balaban J connectivity index is 2.19. The second-order valence-corrected chi connectivity index (χ2v) is 5.55. The molecular formula is C12H15ClN2O3. The fraction of sp³-hybridized carbons (Fsp3) is 0.500. The fourth-order valence-corrected chi connectivity index (χ4v) is 2.13. The number of hydrogen-bond donors (Lipinski definition) is 1. The van der Waals surface area contributed by atoms with Gasteiger partial charge in [-0.3, -0.25) is 10.1 Å². The van der Waals surface area contributed by atoms with Crippen LogP contribution in [-0.2, 0) is 0 Å². The van der Waals surface area contributed by atoms with E-state index in [9.17, 15) is 10.1 Å². The van der Waals surface area contributed by atoms with E-state index in [0.29, 0.717) is 10.8 Å². The van der Waals surface area contributed by atoms with Gasteiger partial charge < -0.3 is 10.5 Å². The van der Waals surface area contributed by atoms with E-state index in [1.54, 1.807) is 0 Å². The summed E-state index contributed by atoms with van der Waals surface area (Å²) in [6.45, 7) is 4.02. The van der Waals surface area contributed by atoms with Crippen LogP contribution in [0.25, 0.3) is 0 Å². The van der Waals surface area contributed by atoms with Gasteiger partial charge in [0.1, 0.15) is 11.9 Å². The molecule has 0 spiro atoms. The minimum Gasteiger partial charge on any atom is -0.488 e. The average molecular weight is 271 g/mol. The quantitative estimate of drug-likeness (QED) is 0.677. The zero-order valence-corrected chi connectivity index (χ0v) is 11.0. The van der Waals surface area contributed by atoms with Gasteiger partial charge in [0.2, 0.25) is 0 Å². The summed E-state index contributed by atoms with van der Waals surface area (Å²) in [6.07, 6.45) is 0.665. The normalized spacial score (nSPS) is 25.3. The molecule has 2 atom stereocenters. The number of halogens is 1. The summed E-state index contributed by atoms with van der Waals surface area (Å²) in [5.74, 6) is 0.343. The van der Waals surface area contributed by atoms with Crippen LogP contribution in [0.5, 0.6) is 5.75 Å². The van der Waals surface area contributed by atoms with Crippen molar-refractivity contribution in [2.45, 2.75) is 32.4 Å². The van der Waals surface area contributed by atoms with Crippen LogP contribution >= 0.6 is 11.6 Å². The van der Waals surface area contributed by atoms with E-state index in [4.69, 9.17) is 22.1 Å². The van der Waals surface area contributed by atoms with Gasteiger partial charge in [0.05, 0.1) is 16.0 Å². The van der Waals surface area contributed by atoms with Crippen LogP contribution in [0.2, 0.25) is 5.02 Å². The summed E-state index contributed by atoms with van der Waals surface area (Å²) in [5, 5.41) is 11.1. The molecule has 18 heavy (non-hydrogen) atoms. The lowest BCUT2D eigenvalue weighted by Gasteiger charge is -2.49. The van der Waals surface area contributed by atoms with Crippen molar-refractivity contribution in [3.05, 3.63) is 33.3 Å². The van der Waals surface area contributed by atoms with Gasteiger partial charge in [-0.15, -0.1) is 0 Å². The number of nitro benzene ring substituents is 1. The summed E-state index contributed by atoms with van der Waals surface area (Å²) in [6, 6.07) is 4.26. The van der Waals surface area contributed by atoms with Gasteiger partial charge in [0.25, 0.3) is 5.69 Å². The number of nitrogens with zero attached hydrogens (tertiary/aromatic N) is 1. The molecule has 98 valence electrons. The van der Waals surface area contributed by atoms with E-state index in [-0.39, 0.29) is 23.2 Å². The van der Waals surface area contributed by atoms with Crippen LogP contribution < -0.4 is 10.5 Å². The van der Waals surface area contributed by atoms with Crippen LogP contribution in [0, 0.1) is 15.5 Å². The molecule has 0 aliphatic heterocycles. The highest BCUT2D eigenvalue weighted by Crippen LogP contribution is 2.43. The second kappa shape index (κ2) is 4.40. The lowest BCUT2D eigenvalue weighted by Crippen LogP contribution is -2.60. The minimum absolute atomic E-state index is 0.0316. The van der Waals surface area contributed by atoms with Crippen molar-refractivity contribution in [2.24, 2.45) is 11.1 Å². The number of nitro groups is 1. The van der Waals surface area contributed by atoms with Gasteiger partial charge in [-0.2, -0.15) is 0 Å². The third-order valence-electron chi connectivity index (χ3n) is 3.65. The molecule has 0 aromatic heterocycles. The van der Waals surface area contributed by atoms with E-state index < -0.39 is 4.92 Å². The number of non-ortho nitro benzene ring substituents is 1. The van der Waals surface area contributed by atoms with Crippen molar-refractivity contribution in [1.29, 1.82) is 0 Å². The molecule has 2 rings (SSSR count). The largest absolute Gasteiger partial charge is 0.488 e. The molecule has 1 aliphatic rings. The predicted octanol–water partition coefficient (Wildman–Crippen LogP) is 2.75. The van der Waals surface area contributed by atoms with Gasteiger partial charge in [-0.25, -0.2) is 0 Å². The molecule has 0 radical (unpaired) electrons. The van der Waals surface area contributed by atoms with Gasteiger partial charge in [0, 0.05) is 23.9 Å². The van der Waals surface area contributed by atoms with Crippen molar-refractivity contribution < 1.29 is 9.66 Å². The summed E-state index contributed by atoms with van der Waals surface area (Å²) in [4.78, 5) is 10.2. The van der Waals surface area contributed by atoms with Gasteiger partial charge >= 0.3 is 0 Å². The number of ether oxygens (including phenoxy) is 1. The van der Waals surface area contributed by atoms with Crippen molar-refractivity contribution >= 4 is 17.3 Å². The smallest absolute Gasteiger partial charge is 0.273 e. The molecule has 1 aromatic carbocycles. The Bertz CT molecular complexity index is 490. The standard InChI is InChI=1S/C12H15ClN2O3/c1-12(2)10(14)6-11(12)18-9-5-7(15(16)17)3-4-8(9)13/h3-5,10-11H,6,14H2,1-2H3. The second-order valence-electron chi connectivity index (χ2n) is 5.14. The van der Waals surface area contributed by atoms with Gasteiger partial charge in [-0.1, -0.05) is 25.4 Å². The molecule has 1 saturated carbocycles. The SMILES string of the molecule is CC1(C)C(N)CC1Oc1cc([N+](=O)[O-])ccc1Cl. The summed E-state index contributed by atoms with van der Waals surface area (Å²) >= 11 is 5.98. The van der Waals surface area contributed by atoms with Gasteiger partial charge in [-0.05, 0) is 6.07 Å². The monoisotopic (exact) mass is 270 g/mol. The summed E-state index contributed by atoms with van der Waals surface area (Å²) in [7, 11) is 0. The number of rotatable bonds is 3. The maximum absolute atomic E-state index is 10.7. The van der Waals surface area contributed by atoms with Crippen molar-refractivity contribution in [3.8, 4) is 5.75 Å². The lowest BCUT2D eigenvalue weighted by atomic mass is 9.65. The van der Waals surface area contributed by atoms with Crippen molar-refractivity contribution in [1.82, 2.24) is 0 Å². The Hall–Kier alpha value is -1.33. The molecule has 2 unspecified atom stereocenters. The third kappa shape index (κ3) is 2.15. The van der Waals surface area contributed by atoms with E-state index in [2.05, 4.69) is 0 Å². The lowest BCUT2D eigenvalue weighted by molar-refractivity contribution is -0.385. The summed E-state index contributed by atoms with van der Waals surface area (Å²) < 4.78 is 5.74. The number of nitrogens with two attached hydrogens (primary N) is 1. The molecule has 2 N–H and O–H groups in total. The van der Waals surface area contributed by atoms with Crippen LogP contribution in [-0.4, -0.2) is 17.1 Å². The Morgan fingerprint density at radius 1 is 1.56 bits per heavy atom. The molecule has 0 amide bonds.